The molecule has 0 aliphatic carbocycles. The summed E-state index contributed by atoms with van der Waals surface area (Å²) >= 11 is 0. The van der Waals surface area contributed by atoms with E-state index < -0.39 is 33.2 Å². The minimum Gasteiger partial charge on any atom is -0.504 e. The summed E-state index contributed by atoms with van der Waals surface area (Å²) in [6.07, 6.45) is 0.827. The molecule has 0 bridgehead atoms. The Kier molecular flexibility index (Phi) is 5.22. The number of sulfonamides is 1. The number of H-pyrrole nitrogens is 1. The fourth-order valence-electron chi connectivity index (χ4n) is 3.29. The zero-order valence-corrected chi connectivity index (χ0v) is 16.2. The van der Waals surface area contributed by atoms with Crippen LogP contribution in [0.1, 0.15) is 34.6 Å². The van der Waals surface area contributed by atoms with Crippen LogP contribution in [0.5, 0.6) is 17.2 Å². The molecule has 1 aromatic carbocycles. The van der Waals surface area contributed by atoms with Gasteiger partial charge in [-0.25, -0.2) is 8.42 Å². The number of phenols is 3. The minimum absolute atomic E-state index is 0.00695. The molecule has 1 aliphatic rings. The van der Waals surface area contributed by atoms with E-state index in [1.54, 1.807) is 13.8 Å². The molecule has 0 spiro atoms. The zero-order chi connectivity index (χ0) is 20.6. The molecule has 2 aromatic rings. The summed E-state index contributed by atoms with van der Waals surface area (Å²) in [6, 6.07) is 1.84. The van der Waals surface area contributed by atoms with Gasteiger partial charge in [0, 0.05) is 24.7 Å². The van der Waals surface area contributed by atoms with Gasteiger partial charge in [-0.15, -0.1) is 0 Å². The highest BCUT2D eigenvalue weighted by molar-refractivity contribution is 7.89. The second-order valence-corrected chi connectivity index (χ2v) is 8.65. The van der Waals surface area contributed by atoms with Crippen molar-refractivity contribution in [3.8, 4) is 17.2 Å². The molecule has 0 saturated carbocycles. The average molecular weight is 410 g/mol. The van der Waals surface area contributed by atoms with Crippen molar-refractivity contribution in [1.82, 2.24) is 19.8 Å². The van der Waals surface area contributed by atoms with E-state index in [-0.39, 0.29) is 29.6 Å². The van der Waals surface area contributed by atoms with Gasteiger partial charge in [-0.05, 0) is 38.8 Å². The van der Waals surface area contributed by atoms with Crippen molar-refractivity contribution in [2.24, 2.45) is 0 Å². The van der Waals surface area contributed by atoms with Gasteiger partial charge in [0.2, 0.25) is 10.0 Å². The van der Waals surface area contributed by atoms with E-state index in [1.807, 2.05) is 0 Å². The van der Waals surface area contributed by atoms with Gasteiger partial charge < -0.3 is 20.6 Å². The summed E-state index contributed by atoms with van der Waals surface area (Å²) in [5.74, 6) is -2.43. The predicted molar refractivity (Wildman–Crippen MR) is 98.7 cm³/mol. The number of aryl methyl sites for hydroxylation is 2. The highest BCUT2D eigenvalue weighted by Crippen LogP contribution is 2.35. The van der Waals surface area contributed by atoms with E-state index in [0.717, 1.165) is 12.1 Å². The van der Waals surface area contributed by atoms with Crippen molar-refractivity contribution >= 4 is 15.9 Å². The monoisotopic (exact) mass is 410 g/mol. The topological polar surface area (TPSA) is 156 Å². The van der Waals surface area contributed by atoms with Gasteiger partial charge in [-0.2, -0.15) is 9.40 Å². The first-order chi connectivity index (χ1) is 13.1. The van der Waals surface area contributed by atoms with E-state index in [2.05, 4.69) is 15.5 Å². The van der Waals surface area contributed by atoms with E-state index in [9.17, 15) is 28.5 Å². The van der Waals surface area contributed by atoms with Gasteiger partial charge in [-0.1, -0.05) is 0 Å². The second-order valence-electron chi connectivity index (χ2n) is 6.78. The number of rotatable bonds is 4. The lowest BCUT2D eigenvalue weighted by atomic mass is 10.1. The fraction of sp³-hybridized carbons (Fsp3) is 0.412. The highest BCUT2D eigenvalue weighted by Gasteiger charge is 2.33. The number of aromatic hydroxyl groups is 3. The van der Waals surface area contributed by atoms with Crippen molar-refractivity contribution in [2.75, 3.05) is 13.1 Å². The smallest absolute Gasteiger partial charge is 0.251 e. The molecule has 0 atom stereocenters. The third kappa shape index (κ3) is 3.62. The number of phenolic OH excluding ortho intramolecular Hbond substituents is 3. The largest absolute Gasteiger partial charge is 0.504 e. The molecule has 1 fully saturated rings. The first-order valence-electron chi connectivity index (χ1n) is 8.68. The van der Waals surface area contributed by atoms with Gasteiger partial charge in [-0.3, -0.25) is 9.89 Å². The molecule has 5 N–H and O–H groups in total. The van der Waals surface area contributed by atoms with Crippen molar-refractivity contribution < 1.29 is 28.5 Å². The number of amides is 1. The molecule has 11 heteroatoms. The van der Waals surface area contributed by atoms with Crippen molar-refractivity contribution in [3.63, 3.8) is 0 Å². The van der Waals surface area contributed by atoms with Crippen molar-refractivity contribution in [3.05, 3.63) is 29.1 Å². The van der Waals surface area contributed by atoms with Crippen molar-refractivity contribution in [1.29, 1.82) is 0 Å². The summed E-state index contributed by atoms with van der Waals surface area (Å²) < 4.78 is 27.1. The van der Waals surface area contributed by atoms with Gasteiger partial charge in [0.15, 0.2) is 17.2 Å². The zero-order valence-electron chi connectivity index (χ0n) is 15.4. The summed E-state index contributed by atoms with van der Waals surface area (Å²) in [4.78, 5) is 12.5. The summed E-state index contributed by atoms with van der Waals surface area (Å²) in [5, 5.41) is 37.8. The van der Waals surface area contributed by atoms with Gasteiger partial charge >= 0.3 is 0 Å². The molecule has 0 radical (unpaired) electrons. The maximum atomic E-state index is 12.8. The predicted octanol–water partition coefficient (Wildman–Crippen LogP) is 0.726. The molecule has 28 heavy (non-hydrogen) atoms. The van der Waals surface area contributed by atoms with Crippen LogP contribution in [0.25, 0.3) is 0 Å². The number of benzene rings is 1. The maximum absolute atomic E-state index is 12.8. The SMILES string of the molecule is Cc1n[nH]c(C)c1S(=O)(=O)N1CCC(NC(=O)c2cc(O)c(O)c(O)c2)CC1. The Morgan fingerprint density at radius 3 is 2.25 bits per heavy atom. The second kappa shape index (κ2) is 7.32. The number of aromatic nitrogens is 2. The van der Waals surface area contributed by atoms with Crippen LogP contribution in [-0.2, 0) is 10.0 Å². The summed E-state index contributed by atoms with van der Waals surface area (Å²) in [5.41, 5.74) is 0.896. The Balaban J connectivity index is 1.65. The lowest BCUT2D eigenvalue weighted by Gasteiger charge is -2.31. The molecule has 10 nitrogen and oxygen atoms in total. The first kappa shape index (κ1) is 20.0. The standard InChI is InChI=1S/C17H22N4O6S/c1-9-16(10(2)20-19-9)28(26,27)21-5-3-12(4-6-21)18-17(25)11-7-13(22)15(24)14(23)8-11/h7-8,12,22-24H,3-6H2,1-2H3,(H,18,25)(H,19,20). The van der Waals surface area contributed by atoms with Gasteiger partial charge in [0.1, 0.15) is 4.90 Å². The Labute approximate surface area is 161 Å². The lowest BCUT2D eigenvalue weighted by molar-refractivity contribution is 0.0923. The number of aromatic amines is 1. The number of piperidine rings is 1. The molecule has 2 heterocycles. The Hall–Kier alpha value is -2.79. The first-order valence-corrected chi connectivity index (χ1v) is 10.1. The molecule has 152 valence electrons. The van der Waals surface area contributed by atoms with Crippen LogP contribution >= 0.6 is 0 Å². The van der Waals surface area contributed by atoms with E-state index in [1.165, 1.54) is 4.31 Å². The minimum atomic E-state index is -3.67. The van der Waals surface area contributed by atoms with Crippen LogP contribution in [0, 0.1) is 13.8 Å². The van der Waals surface area contributed by atoms with Crippen LogP contribution in [-0.4, -0.2) is 63.3 Å². The molecule has 3 rings (SSSR count). The van der Waals surface area contributed by atoms with E-state index >= 15 is 0 Å². The van der Waals surface area contributed by atoms with Crippen LogP contribution in [0.2, 0.25) is 0 Å². The lowest BCUT2D eigenvalue weighted by Crippen LogP contribution is -2.46. The molecule has 1 aliphatic heterocycles. The van der Waals surface area contributed by atoms with Crippen LogP contribution < -0.4 is 5.32 Å². The van der Waals surface area contributed by atoms with Crippen LogP contribution in [0.4, 0.5) is 0 Å². The summed E-state index contributed by atoms with van der Waals surface area (Å²) in [6.45, 7) is 3.76. The number of hydrogen-bond donors (Lipinski definition) is 5. The van der Waals surface area contributed by atoms with Crippen LogP contribution in [0.3, 0.4) is 0 Å². The number of nitrogens with zero attached hydrogens (tertiary/aromatic N) is 2. The third-order valence-electron chi connectivity index (χ3n) is 4.78. The van der Waals surface area contributed by atoms with E-state index in [0.29, 0.717) is 24.2 Å². The average Bonchev–Trinajstić information content (AvgIpc) is 2.98. The molecular formula is C17H22N4O6S. The van der Waals surface area contributed by atoms with Crippen molar-refractivity contribution in [2.45, 2.75) is 37.6 Å². The van der Waals surface area contributed by atoms with E-state index in [4.69, 9.17) is 0 Å². The maximum Gasteiger partial charge on any atom is 0.251 e. The fourth-order valence-corrected chi connectivity index (χ4v) is 5.10. The van der Waals surface area contributed by atoms with Gasteiger partial charge in [0.05, 0.1) is 11.4 Å². The normalized spacial score (nSPS) is 16.2. The number of carbonyl (C=O) groups is 1. The number of hydrogen-bond acceptors (Lipinski definition) is 7. The molecule has 1 aromatic heterocycles. The summed E-state index contributed by atoms with van der Waals surface area (Å²) in [7, 11) is -3.67. The Morgan fingerprint density at radius 1 is 1.18 bits per heavy atom. The molecule has 1 amide bonds. The molecular weight excluding hydrogens is 388 g/mol. The van der Waals surface area contributed by atoms with Crippen LogP contribution in [0.15, 0.2) is 17.0 Å². The number of carbonyl (C=O) groups excluding carboxylic acids is 1. The molecule has 1 saturated heterocycles. The highest BCUT2D eigenvalue weighted by atomic mass is 32.2. The number of nitrogens with one attached hydrogen (secondary N) is 2. The third-order valence-corrected chi connectivity index (χ3v) is 6.94. The quantitative estimate of drug-likeness (QED) is 0.465. The Bertz CT molecular complexity index is 966. The molecule has 0 unspecified atom stereocenters. The Morgan fingerprint density at radius 2 is 1.75 bits per heavy atom. The van der Waals surface area contributed by atoms with Gasteiger partial charge in [0.25, 0.3) is 5.91 Å².